The van der Waals surface area contributed by atoms with Crippen LogP contribution in [0.5, 0.6) is 0 Å². The number of hydrogen-bond donors (Lipinski definition) is 1. The van der Waals surface area contributed by atoms with Gasteiger partial charge >= 0.3 is 0 Å². The van der Waals surface area contributed by atoms with E-state index in [1.54, 1.807) is 0 Å². The lowest BCUT2D eigenvalue weighted by Crippen LogP contribution is -2.31. The summed E-state index contributed by atoms with van der Waals surface area (Å²) in [7, 11) is 0. The maximum absolute atomic E-state index is 3.76. The normalized spacial score (nSPS) is 21.2. The minimum absolute atomic E-state index is 0.442. The van der Waals surface area contributed by atoms with Crippen molar-refractivity contribution in [1.29, 1.82) is 0 Å². The van der Waals surface area contributed by atoms with E-state index < -0.39 is 0 Å². The summed E-state index contributed by atoms with van der Waals surface area (Å²) < 4.78 is 0. The van der Waals surface area contributed by atoms with Gasteiger partial charge in [0.15, 0.2) is 0 Å². The molecule has 0 radical (unpaired) electrons. The molecule has 1 aromatic carbocycles. The molecule has 1 aliphatic heterocycles. The highest BCUT2D eigenvalue weighted by Crippen LogP contribution is 2.23. The van der Waals surface area contributed by atoms with Crippen LogP contribution in [0.25, 0.3) is 0 Å². The van der Waals surface area contributed by atoms with Crippen molar-refractivity contribution < 1.29 is 0 Å². The monoisotopic (exact) mass is 288 g/mol. The first-order valence-electron chi connectivity index (χ1n) is 8.43. The maximum atomic E-state index is 3.76. The SMILES string of the molecule is Cc1cc(C)c(C(C)NCC2CCN(C(C)C)C2)cc1C. The molecule has 1 N–H and O–H groups in total. The van der Waals surface area contributed by atoms with Crippen LogP contribution >= 0.6 is 0 Å². The summed E-state index contributed by atoms with van der Waals surface area (Å²) >= 11 is 0. The minimum Gasteiger partial charge on any atom is -0.310 e. The topological polar surface area (TPSA) is 15.3 Å². The van der Waals surface area contributed by atoms with Gasteiger partial charge in [-0.15, -0.1) is 0 Å². The van der Waals surface area contributed by atoms with Gasteiger partial charge in [0.2, 0.25) is 0 Å². The van der Waals surface area contributed by atoms with Gasteiger partial charge < -0.3 is 10.2 Å². The number of benzene rings is 1. The molecule has 1 aromatic rings. The first-order chi connectivity index (χ1) is 9.88. The minimum atomic E-state index is 0.442. The summed E-state index contributed by atoms with van der Waals surface area (Å²) in [5, 5.41) is 3.76. The van der Waals surface area contributed by atoms with Gasteiger partial charge in [0, 0.05) is 18.6 Å². The first kappa shape index (κ1) is 16.5. The smallest absolute Gasteiger partial charge is 0.0294 e. The van der Waals surface area contributed by atoms with Crippen molar-refractivity contribution in [2.45, 2.75) is 60.0 Å². The molecular weight excluding hydrogens is 256 g/mol. The van der Waals surface area contributed by atoms with Crippen molar-refractivity contribution in [2.75, 3.05) is 19.6 Å². The molecule has 0 saturated carbocycles. The predicted molar refractivity (Wildman–Crippen MR) is 91.9 cm³/mol. The second-order valence-corrected chi connectivity index (χ2v) is 7.17. The Hall–Kier alpha value is -0.860. The number of likely N-dealkylation sites (tertiary alicyclic amines) is 1. The number of rotatable bonds is 5. The van der Waals surface area contributed by atoms with Gasteiger partial charge in [0.05, 0.1) is 0 Å². The van der Waals surface area contributed by atoms with Crippen molar-refractivity contribution in [3.63, 3.8) is 0 Å². The third-order valence-electron chi connectivity index (χ3n) is 5.11. The van der Waals surface area contributed by atoms with E-state index in [-0.39, 0.29) is 0 Å². The molecule has 1 aliphatic rings. The lowest BCUT2D eigenvalue weighted by molar-refractivity contribution is 0.263. The summed E-state index contributed by atoms with van der Waals surface area (Å²) in [5.41, 5.74) is 5.66. The zero-order valence-corrected chi connectivity index (χ0v) is 14.7. The molecule has 0 spiro atoms. The summed E-state index contributed by atoms with van der Waals surface area (Å²) in [4.78, 5) is 2.60. The van der Waals surface area contributed by atoms with Crippen LogP contribution in [0.1, 0.15) is 55.5 Å². The van der Waals surface area contributed by atoms with Crippen LogP contribution in [0, 0.1) is 26.7 Å². The van der Waals surface area contributed by atoms with Gasteiger partial charge in [-0.1, -0.05) is 12.1 Å². The van der Waals surface area contributed by atoms with Crippen LogP contribution in [-0.2, 0) is 0 Å². The van der Waals surface area contributed by atoms with E-state index in [2.05, 4.69) is 63.9 Å². The number of hydrogen-bond acceptors (Lipinski definition) is 2. The van der Waals surface area contributed by atoms with Crippen LogP contribution in [0.15, 0.2) is 12.1 Å². The molecule has 21 heavy (non-hydrogen) atoms. The van der Waals surface area contributed by atoms with Crippen molar-refractivity contribution >= 4 is 0 Å². The summed E-state index contributed by atoms with van der Waals surface area (Å²) in [6, 6.07) is 5.81. The van der Waals surface area contributed by atoms with Crippen molar-refractivity contribution in [1.82, 2.24) is 10.2 Å². The third kappa shape index (κ3) is 4.08. The van der Waals surface area contributed by atoms with Crippen LogP contribution in [0.3, 0.4) is 0 Å². The fourth-order valence-corrected chi connectivity index (χ4v) is 3.40. The zero-order valence-electron chi connectivity index (χ0n) is 14.7. The van der Waals surface area contributed by atoms with Crippen molar-refractivity contribution in [3.05, 3.63) is 34.4 Å². The van der Waals surface area contributed by atoms with Crippen molar-refractivity contribution in [3.8, 4) is 0 Å². The van der Waals surface area contributed by atoms with Crippen LogP contribution < -0.4 is 5.32 Å². The summed E-state index contributed by atoms with van der Waals surface area (Å²) in [5.74, 6) is 0.807. The van der Waals surface area contributed by atoms with E-state index in [1.165, 1.54) is 41.8 Å². The largest absolute Gasteiger partial charge is 0.310 e. The van der Waals surface area contributed by atoms with E-state index in [0.29, 0.717) is 12.1 Å². The molecule has 118 valence electrons. The average Bonchev–Trinajstić information content (AvgIpc) is 2.89. The Labute approximate surface area is 130 Å². The Kier molecular flexibility index (Phi) is 5.45. The quantitative estimate of drug-likeness (QED) is 0.881. The molecular formula is C19H32N2. The molecule has 2 unspecified atom stereocenters. The molecule has 1 saturated heterocycles. The summed E-state index contributed by atoms with van der Waals surface area (Å²) in [6.45, 7) is 17.2. The van der Waals surface area contributed by atoms with Gasteiger partial charge in [-0.25, -0.2) is 0 Å². The van der Waals surface area contributed by atoms with E-state index in [1.807, 2.05) is 0 Å². The van der Waals surface area contributed by atoms with Crippen molar-refractivity contribution in [2.24, 2.45) is 5.92 Å². The lowest BCUT2D eigenvalue weighted by atomic mass is 9.96. The molecule has 0 bridgehead atoms. The molecule has 2 atom stereocenters. The van der Waals surface area contributed by atoms with E-state index >= 15 is 0 Å². The van der Waals surface area contributed by atoms with Gasteiger partial charge in [0.25, 0.3) is 0 Å². The summed E-state index contributed by atoms with van der Waals surface area (Å²) in [6.07, 6.45) is 1.34. The van der Waals surface area contributed by atoms with Gasteiger partial charge in [0.1, 0.15) is 0 Å². The van der Waals surface area contributed by atoms with Gasteiger partial charge in [-0.05, 0) is 89.2 Å². The fraction of sp³-hybridized carbons (Fsp3) is 0.684. The highest BCUT2D eigenvalue weighted by molar-refractivity contribution is 5.38. The van der Waals surface area contributed by atoms with Gasteiger partial charge in [-0.2, -0.15) is 0 Å². The number of nitrogens with zero attached hydrogens (tertiary/aromatic N) is 1. The Morgan fingerprint density at radius 3 is 2.38 bits per heavy atom. The Bertz CT molecular complexity index is 479. The highest BCUT2D eigenvalue weighted by atomic mass is 15.2. The Balaban J connectivity index is 1.91. The second-order valence-electron chi connectivity index (χ2n) is 7.17. The Morgan fingerprint density at radius 2 is 1.76 bits per heavy atom. The molecule has 2 nitrogen and oxygen atoms in total. The van der Waals surface area contributed by atoms with E-state index in [4.69, 9.17) is 0 Å². The predicted octanol–water partition coefficient (Wildman–Crippen LogP) is 3.99. The molecule has 0 aliphatic carbocycles. The highest BCUT2D eigenvalue weighted by Gasteiger charge is 2.24. The Morgan fingerprint density at radius 1 is 1.10 bits per heavy atom. The van der Waals surface area contributed by atoms with Crippen LogP contribution in [-0.4, -0.2) is 30.6 Å². The fourth-order valence-electron chi connectivity index (χ4n) is 3.40. The number of aryl methyl sites for hydroxylation is 3. The second kappa shape index (κ2) is 6.93. The standard InChI is InChI=1S/C19H32N2/c1-13(2)21-8-7-18(12-21)11-20-17(6)19-10-15(4)14(3)9-16(19)5/h9-10,13,17-18,20H,7-8,11-12H2,1-6H3. The van der Waals surface area contributed by atoms with E-state index in [9.17, 15) is 0 Å². The molecule has 1 heterocycles. The average molecular weight is 288 g/mol. The third-order valence-corrected chi connectivity index (χ3v) is 5.11. The van der Waals surface area contributed by atoms with Gasteiger partial charge in [-0.3, -0.25) is 0 Å². The lowest BCUT2D eigenvalue weighted by Gasteiger charge is -2.22. The van der Waals surface area contributed by atoms with Crippen LogP contribution in [0.2, 0.25) is 0 Å². The van der Waals surface area contributed by atoms with E-state index in [0.717, 1.165) is 12.5 Å². The molecule has 0 amide bonds. The zero-order chi connectivity index (χ0) is 15.6. The molecule has 0 aromatic heterocycles. The van der Waals surface area contributed by atoms with Crippen LogP contribution in [0.4, 0.5) is 0 Å². The maximum Gasteiger partial charge on any atom is 0.0294 e. The molecule has 2 heteroatoms. The first-order valence-corrected chi connectivity index (χ1v) is 8.43. The molecule has 1 fully saturated rings. The number of nitrogens with one attached hydrogen (secondary N) is 1. The molecule has 2 rings (SSSR count).